The molecule has 0 saturated carbocycles. The highest BCUT2D eigenvalue weighted by Crippen LogP contribution is 2.15. The van der Waals surface area contributed by atoms with Gasteiger partial charge in [0.15, 0.2) is 0 Å². The summed E-state index contributed by atoms with van der Waals surface area (Å²) in [5, 5.41) is 9.02. The van der Waals surface area contributed by atoms with Gasteiger partial charge in [-0.1, -0.05) is 26.0 Å². The molecule has 0 aliphatic rings. The number of aliphatic carboxylic acids is 1. The van der Waals surface area contributed by atoms with Crippen molar-refractivity contribution >= 4 is 5.97 Å². The zero-order valence-corrected chi connectivity index (χ0v) is 12.8. The van der Waals surface area contributed by atoms with E-state index < -0.39 is 5.97 Å². The molecule has 20 heavy (non-hydrogen) atoms. The number of hydrogen-bond donors (Lipinski definition) is 1. The first-order chi connectivity index (χ1) is 9.47. The molecule has 4 nitrogen and oxygen atoms in total. The second-order valence-corrected chi connectivity index (χ2v) is 5.23. The summed E-state index contributed by atoms with van der Waals surface area (Å²) in [5.74, 6) is -0.221. The van der Waals surface area contributed by atoms with Crippen LogP contribution >= 0.6 is 0 Å². The highest BCUT2D eigenvalue weighted by Gasteiger charge is 2.19. The lowest BCUT2D eigenvalue weighted by molar-refractivity contribution is -0.141. The maximum atomic E-state index is 11.0. The van der Waals surface area contributed by atoms with Crippen molar-refractivity contribution in [2.24, 2.45) is 5.92 Å². The van der Waals surface area contributed by atoms with E-state index in [1.165, 1.54) is 5.56 Å². The Morgan fingerprint density at radius 3 is 2.35 bits per heavy atom. The highest BCUT2D eigenvalue weighted by molar-refractivity contribution is 5.69. The quantitative estimate of drug-likeness (QED) is 0.795. The number of benzene rings is 1. The van der Waals surface area contributed by atoms with Crippen LogP contribution in [0.2, 0.25) is 0 Å². The summed E-state index contributed by atoms with van der Waals surface area (Å²) in [5.41, 5.74) is 1.24. The van der Waals surface area contributed by atoms with E-state index >= 15 is 0 Å². The lowest BCUT2D eigenvalue weighted by Gasteiger charge is -2.29. The standard InChI is InChI=1S/C16H25NO3/c1-5-17(11-12(2)16(18)19)13(3)10-14-6-8-15(20-4)9-7-14/h6-9,12-13H,5,10-11H2,1-4H3,(H,18,19). The van der Waals surface area contributed by atoms with Crippen molar-refractivity contribution in [3.05, 3.63) is 29.8 Å². The molecule has 0 aromatic heterocycles. The minimum atomic E-state index is -0.736. The van der Waals surface area contributed by atoms with Gasteiger partial charge in [0.2, 0.25) is 0 Å². The van der Waals surface area contributed by atoms with Crippen molar-refractivity contribution < 1.29 is 14.6 Å². The van der Waals surface area contributed by atoms with Crippen molar-refractivity contribution in [1.82, 2.24) is 4.90 Å². The first kappa shape index (κ1) is 16.5. The molecule has 1 N–H and O–H groups in total. The fraction of sp³-hybridized carbons (Fsp3) is 0.562. The number of likely N-dealkylation sites (N-methyl/N-ethyl adjacent to an activating group) is 1. The molecular formula is C16H25NO3. The van der Waals surface area contributed by atoms with Crippen molar-refractivity contribution in [3.63, 3.8) is 0 Å². The summed E-state index contributed by atoms with van der Waals surface area (Å²) in [4.78, 5) is 13.2. The summed E-state index contributed by atoms with van der Waals surface area (Å²) >= 11 is 0. The predicted molar refractivity (Wildman–Crippen MR) is 80.2 cm³/mol. The van der Waals surface area contributed by atoms with E-state index in [0.717, 1.165) is 18.7 Å². The van der Waals surface area contributed by atoms with Gasteiger partial charge in [-0.25, -0.2) is 0 Å². The van der Waals surface area contributed by atoms with E-state index in [2.05, 4.69) is 30.9 Å². The number of ether oxygens (including phenoxy) is 1. The Balaban J connectivity index is 2.61. The highest BCUT2D eigenvalue weighted by atomic mass is 16.5. The summed E-state index contributed by atoms with van der Waals surface area (Å²) in [6, 6.07) is 8.35. The zero-order valence-electron chi connectivity index (χ0n) is 12.8. The lowest BCUT2D eigenvalue weighted by atomic mass is 10.0. The summed E-state index contributed by atoms with van der Waals surface area (Å²) in [6.45, 7) is 7.41. The molecule has 0 aliphatic heterocycles. The summed E-state index contributed by atoms with van der Waals surface area (Å²) in [6.07, 6.45) is 0.907. The Hall–Kier alpha value is -1.55. The van der Waals surface area contributed by atoms with Crippen LogP contribution in [0, 0.1) is 5.92 Å². The second kappa shape index (κ2) is 7.90. The molecule has 2 unspecified atom stereocenters. The second-order valence-electron chi connectivity index (χ2n) is 5.23. The molecule has 0 fully saturated rings. The van der Waals surface area contributed by atoms with E-state index in [9.17, 15) is 4.79 Å². The van der Waals surface area contributed by atoms with Gasteiger partial charge in [0.25, 0.3) is 0 Å². The summed E-state index contributed by atoms with van der Waals surface area (Å²) in [7, 11) is 1.66. The number of carboxylic acid groups (broad SMARTS) is 1. The van der Waals surface area contributed by atoms with Crippen LogP contribution < -0.4 is 4.74 Å². The Bertz CT molecular complexity index is 416. The SMILES string of the molecule is CCN(CC(C)C(=O)O)C(C)Cc1ccc(OC)cc1. The Morgan fingerprint density at radius 1 is 1.30 bits per heavy atom. The average Bonchev–Trinajstić information content (AvgIpc) is 2.44. The van der Waals surface area contributed by atoms with Gasteiger partial charge in [-0.05, 0) is 37.6 Å². The van der Waals surface area contributed by atoms with Gasteiger partial charge in [-0.15, -0.1) is 0 Å². The molecule has 1 aromatic carbocycles. The number of methoxy groups -OCH3 is 1. The van der Waals surface area contributed by atoms with Crippen LogP contribution in [0.3, 0.4) is 0 Å². The molecule has 1 aromatic rings. The molecule has 0 radical (unpaired) electrons. The third-order valence-corrected chi connectivity index (χ3v) is 3.65. The fourth-order valence-electron chi connectivity index (χ4n) is 2.28. The number of nitrogens with zero attached hydrogens (tertiary/aromatic N) is 1. The van der Waals surface area contributed by atoms with Crippen molar-refractivity contribution in [2.45, 2.75) is 33.2 Å². The molecule has 1 rings (SSSR count). The minimum Gasteiger partial charge on any atom is -0.497 e. The maximum Gasteiger partial charge on any atom is 0.307 e. The Kier molecular flexibility index (Phi) is 6.52. The van der Waals surface area contributed by atoms with Crippen LogP contribution in [0.4, 0.5) is 0 Å². The average molecular weight is 279 g/mol. The van der Waals surface area contributed by atoms with Gasteiger partial charge >= 0.3 is 5.97 Å². The van der Waals surface area contributed by atoms with E-state index in [4.69, 9.17) is 9.84 Å². The molecule has 0 saturated heterocycles. The van der Waals surface area contributed by atoms with Crippen molar-refractivity contribution in [2.75, 3.05) is 20.2 Å². The van der Waals surface area contributed by atoms with E-state index in [0.29, 0.717) is 12.6 Å². The van der Waals surface area contributed by atoms with E-state index in [-0.39, 0.29) is 5.92 Å². The largest absolute Gasteiger partial charge is 0.497 e. The normalized spacial score (nSPS) is 14.1. The van der Waals surface area contributed by atoms with Gasteiger partial charge in [0, 0.05) is 12.6 Å². The van der Waals surface area contributed by atoms with E-state index in [1.54, 1.807) is 14.0 Å². The van der Waals surface area contributed by atoms with Crippen molar-refractivity contribution in [3.8, 4) is 5.75 Å². The third kappa shape index (κ3) is 4.85. The number of rotatable bonds is 8. The van der Waals surface area contributed by atoms with Crippen LogP contribution in [0.25, 0.3) is 0 Å². The van der Waals surface area contributed by atoms with Crippen LogP contribution in [-0.2, 0) is 11.2 Å². The van der Waals surface area contributed by atoms with Gasteiger partial charge < -0.3 is 9.84 Å². The van der Waals surface area contributed by atoms with Crippen LogP contribution in [0.15, 0.2) is 24.3 Å². The van der Waals surface area contributed by atoms with Crippen LogP contribution in [-0.4, -0.2) is 42.2 Å². The molecule has 0 spiro atoms. The minimum absolute atomic E-state index is 0.315. The van der Waals surface area contributed by atoms with Crippen LogP contribution in [0.1, 0.15) is 26.3 Å². The number of carboxylic acids is 1. The number of carbonyl (C=O) groups is 1. The molecule has 4 heteroatoms. The van der Waals surface area contributed by atoms with Crippen molar-refractivity contribution in [1.29, 1.82) is 0 Å². The zero-order chi connectivity index (χ0) is 15.1. The lowest BCUT2D eigenvalue weighted by Crippen LogP contribution is -2.39. The van der Waals surface area contributed by atoms with Gasteiger partial charge in [0.05, 0.1) is 13.0 Å². The van der Waals surface area contributed by atoms with Gasteiger partial charge in [0.1, 0.15) is 5.75 Å². The Labute approximate surface area is 121 Å². The molecule has 2 atom stereocenters. The monoisotopic (exact) mass is 279 g/mol. The molecule has 112 valence electrons. The number of hydrogen-bond acceptors (Lipinski definition) is 3. The summed E-state index contributed by atoms with van der Waals surface area (Å²) < 4.78 is 5.15. The van der Waals surface area contributed by atoms with E-state index in [1.807, 2.05) is 12.1 Å². The molecule has 0 bridgehead atoms. The molecule has 0 aliphatic carbocycles. The third-order valence-electron chi connectivity index (χ3n) is 3.65. The van der Waals surface area contributed by atoms with Gasteiger partial charge in [-0.2, -0.15) is 0 Å². The van der Waals surface area contributed by atoms with Gasteiger partial charge in [-0.3, -0.25) is 9.69 Å². The smallest absolute Gasteiger partial charge is 0.307 e. The molecular weight excluding hydrogens is 254 g/mol. The first-order valence-electron chi connectivity index (χ1n) is 7.07. The maximum absolute atomic E-state index is 11.0. The molecule has 0 heterocycles. The fourth-order valence-corrected chi connectivity index (χ4v) is 2.28. The molecule has 0 amide bonds. The van der Waals surface area contributed by atoms with Crippen LogP contribution in [0.5, 0.6) is 5.75 Å². The Morgan fingerprint density at radius 2 is 1.90 bits per heavy atom. The first-order valence-corrected chi connectivity index (χ1v) is 7.07. The topological polar surface area (TPSA) is 49.8 Å². The predicted octanol–water partition coefficient (Wildman–Crippen LogP) is 2.67.